The minimum absolute atomic E-state index is 0.298. The Morgan fingerprint density at radius 1 is 0.920 bits per heavy atom. The fourth-order valence-corrected chi connectivity index (χ4v) is 3.22. The van der Waals surface area contributed by atoms with Crippen molar-refractivity contribution < 1.29 is 13.2 Å². The van der Waals surface area contributed by atoms with Crippen molar-refractivity contribution in [2.24, 2.45) is 0 Å². The highest BCUT2D eigenvalue weighted by molar-refractivity contribution is 7.92. The molecule has 0 aliphatic heterocycles. The van der Waals surface area contributed by atoms with E-state index in [-0.39, 0.29) is 5.91 Å². The molecular formula is C19H18N2O3S. The number of aryl methyl sites for hydroxylation is 1. The number of benzene rings is 3. The molecule has 5 nitrogen and oxygen atoms in total. The molecule has 1 amide bonds. The zero-order valence-corrected chi connectivity index (χ0v) is 14.7. The number of hydrogen-bond donors (Lipinski definition) is 2. The molecule has 128 valence electrons. The van der Waals surface area contributed by atoms with Gasteiger partial charge in [0.15, 0.2) is 0 Å². The minimum atomic E-state index is -3.41. The first-order valence-corrected chi connectivity index (χ1v) is 9.60. The first-order chi connectivity index (χ1) is 11.8. The Morgan fingerprint density at radius 2 is 1.64 bits per heavy atom. The number of amides is 1. The Hall–Kier alpha value is -2.86. The van der Waals surface area contributed by atoms with Crippen LogP contribution in [0.25, 0.3) is 10.8 Å². The van der Waals surface area contributed by atoms with E-state index in [1.165, 1.54) is 6.07 Å². The molecule has 0 atom stereocenters. The summed E-state index contributed by atoms with van der Waals surface area (Å²) in [6.07, 6.45) is 1.08. The normalized spacial score (nSPS) is 11.3. The molecule has 0 radical (unpaired) electrons. The molecule has 2 N–H and O–H groups in total. The Bertz CT molecular complexity index is 1050. The predicted molar refractivity (Wildman–Crippen MR) is 102 cm³/mol. The summed E-state index contributed by atoms with van der Waals surface area (Å²) >= 11 is 0. The lowest BCUT2D eigenvalue weighted by atomic mass is 10.1. The van der Waals surface area contributed by atoms with Crippen molar-refractivity contribution in [3.63, 3.8) is 0 Å². The Balaban J connectivity index is 1.92. The van der Waals surface area contributed by atoms with Crippen molar-refractivity contribution in [1.82, 2.24) is 0 Å². The van der Waals surface area contributed by atoms with Crippen LogP contribution >= 0.6 is 0 Å². The van der Waals surface area contributed by atoms with Crippen molar-refractivity contribution >= 4 is 38.1 Å². The molecule has 0 saturated heterocycles. The van der Waals surface area contributed by atoms with Crippen LogP contribution in [0.5, 0.6) is 0 Å². The molecule has 0 aliphatic rings. The highest BCUT2D eigenvalue weighted by atomic mass is 32.2. The summed E-state index contributed by atoms with van der Waals surface area (Å²) in [6, 6.07) is 18.4. The number of sulfonamides is 1. The van der Waals surface area contributed by atoms with Crippen LogP contribution in [-0.4, -0.2) is 20.6 Å². The van der Waals surface area contributed by atoms with E-state index < -0.39 is 10.0 Å². The highest BCUT2D eigenvalue weighted by Crippen LogP contribution is 2.24. The molecule has 25 heavy (non-hydrogen) atoms. The molecule has 0 unspecified atom stereocenters. The monoisotopic (exact) mass is 354 g/mol. The van der Waals surface area contributed by atoms with Gasteiger partial charge < -0.3 is 5.32 Å². The number of carbonyl (C=O) groups excluding carboxylic acids is 1. The second-order valence-corrected chi connectivity index (χ2v) is 7.63. The van der Waals surface area contributed by atoms with Crippen molar-refractivity contribution in [2.45, 2.75) is 6.92 Å². The van der Waals surface area contributed by atoms with Crippen LogP contribution in [0.1, 0.15) is 15.9 Å². The average molecular weight is 354 g/mol. The van der Waals surface area contributed by atoms with Crippen molar-refractivity contribution in [1.29, 1.82) is 0 Å². The van der Waals surface area contributed by atoms with Crippen LogP contribution in [0.15, 0.2) is 60.7 Å². The molecule has 0 saturated carbocycles. The van der Waals surface area contributed by atoms with Crippen molar-refractivity contribution in [2.75, 3.05) is 16.3 Å². The van der Waals surface area contributed by atoms with Gasteiger partial charge in [-0.2, -0.15) is 0 Å². The second-order valence-electron chi connectivity index (χ2n) is 5.88. The van der Waals surface area contributed by atoms with Crippen LogP contribution in [0.3, 0.4) is 0 Å². The van der Waals surface area contributed by atoms with Gasteiger partial charge in [0.05, 0.1) is 11.9 Å². The van der Waals surface area contributed by atoms with E-state index in [1.807, 2.05) is 42.5 Å². The number of hydrogen-bond acceptors (Lipinski definition) is 3. The van der Waals surface area contributed by atoms with Crippen LogP contribution in [0.4, 0.5) is 11.4 Å². The zero-order valence-electron chi connectivity index (χ0n) is 13.9. The van der Waals surface area contributed by atoms with Gasteiger partial charge in [-0.05, 0) is 36.1 Å². The van der Waals surface area contributed by atoms with E-state index in [0.29, 0.717) is 16.9 Å². The maximum Gasteiger partial charge on any atom is 0.255 e. The third kappa shape index (κ3) is 3.97. The van der Waals surface area contributed by atoms with E-state index in [9.17, 15) is 13.2 Å². The van der Waals surface area contributed by atoms with Crippen LogP contribution < -0.4 is 10.0 Å². The number of anilines is 2. The maximum atomic E-state index is 12.6. The second kappa shape index (κ2) is 6.57. The molecule has 3 rings (SSSR count). The first kappa shape index (κ1) is 17.0. The number of carbonyl (C=O) groups is 1. The van der Waals surface area contributed by atoms with Gasteiger partial charge in [0, 0.05) is 16.6 Å². The summed E-state index contributed by atoms with van der Waals surface area (Å²) in [5, 5.41) is 4.87. The first-order valence-electron chi connectivity index (χ1n) is 7.71. The number of fused-ring (bicyclic) bond motifs is 1. The standard InChI is InChI=1S/C19H18N2O3S/c1-13-10-11-15(12-18(13)21-25(2,23)24)19(22)20-17-9-5-7-14-6-3-4-8-16(14)17/h3-12,21H,1-2H3,(H,20,22). The van der Waals surface area contributed by atoms with Gasteiger partial charge in [0.1, 0.15) is 0 Å². The summed E-state index contributed by atoms with van der Waals surface area (Å²) in [7, 11) is -3.41. The van der Waals surface area contributed by atoms with Gasteiger partial charge in [-0.25, -0.2) is 8.42 Å². The molecular weight excluding hydrogens is 336 g/mol. The summed E-state index contributed by atoms with van der Waals surface area (Å²) in [5.41, 5.74) is 2.23. The summed E-state index contributed by atoms with van der Waals surface area (Å²) in [6.45, 7) is 1.78. The van der Waals surface area contributed by atoms with Crippen molar-refractivity contribution in [3.8, 4) is 0 Å². The fraction of sp³-hybridized carbons (Fsp3) is 0.105. The van der Waals surface area contributed by atoms with Gasteiger partial charge in [-0.1, -0.05) is 42.5 Å². The highest BCUT2D eigenvalue weighted by Gasteiger charge is 2.12. The molecule has 3 aromatic carbocycles. The number of rotatable bonds is 4. The fourth-order valence-electron chi connectivity index (χ4n) is 2.60. The van der Waals surface area contributed by atoms with Crippen LogP contribution in [0, 0.1) is 6.92 Å². The molecule has 6 heteroatoms. The van der Waals surface area contributed by atoms with Gasteiger partial charge in [-0.15, -0.1) is 0 Å². The average Bonchev–Trinajstić information content (AvgIpc) is 2.56. The minimum Gasteiger partial charge on any atom is -0.321 e. The van der Waals surface area contributed by atoms with E-state index >= 15 is 0 Å². The molecule has 0 aliphatic carbocycles. The largest absolute Gasteiger partial charge is 0.321 e. The van der Waals surface area contributed by atoms with Gasteiger partial charge in [-0.3, -0.25) is 9.52 Å². The summed E-state index contributed by atoms with van der Waals surface area (Å²) in [5.74, 6) is -0.298. The molecule has 0 fully saturated rings. The van der Waals surface area contributed by atoms with E-state index in [4.69, 9.17) is 0 Å². The lowest BCUT2D eigenvalue weighted by Crippen LogP contribution is -2.15. The van der Waals surface area contributed by atoms with E-state index in [2.05, 4.69) is 10.0 Å². The van der Waals surface area contributed by atoms with E-state index in [0.717, 1.165) is 22.6 Å². The molecule has 0 bridgehead atoms. The Morgan fingerprint density at radius 3 is 2.40 bits per heavy atom. The van der Waals surface area contributed by atoms with Crippen molar-refractivity contribution in [3.05, 3.63) is 71.8 Å². The molecule has 0 heterocycles. The summed E-state index contributed by atoms with van der Waals surface area (Å²) in [4.78, 5) is 12.6. The molecule has 0 spiro atoms. The lowest BCUT2D eigenvalue weighted by Gasteiger charge is -2.12. The molecule has 3 aromatic rings. The van der Waals surface area contributed by atoms with Gasteiger partial charge in [0.25, 0.3) is 5.91 Å². The Labute approximate surface area is 146 Å². The Kier molecular flexibility index (Phi) is 4.46. The number of nitrogens with one attached hydrogen (secondary N) is 2. The smallest absolute Gasteiger partial charge is 0.255 e. The SMILES string of the molecule is Cc1ccc(C(=O)Nc2cccc3ccccc23)cc1NS(C)(=O)=O. The zero-order chi connectivity index (χ0) is 18.0. The van der Waals surface area contributed by atoms with Crippen LogP contribution in [-0.2, 0) is 10.0 Å². The topological polar surface area (TPSA) is 75.3 Å². The van der Waals surface area contributed by atoms with Gasteiger partial charge >= 0.3 is 0 Å². The summed E-state index contributed by atoms with van der Waals surface area (Å²) < 4.78 is 25.4. The molecule has 0 aromatic heterocycles. The quantitative estimate of drug-likeness (QED) is 0.749. The third-order valence-corrected chi connectivity index (χ3v) is 4.42. The predicted octanol–water partition coefficient (Wildman–Crippen LogP) is 3.77. The van der Waals surface area contributed by atoms with E-state index in [1.54, 1.807) is 19.1 Å². The maximum absolute atomic E-state index is 12.6. The van der Waals surface area contributed by atoms with Crippen LogP contribution in [0.2, 0.25) is 0 Å². The lowest BCUT2D eigenvalue weighted by molar-refractivity contribution is 0.102. The third-order valence-electron chi connectivity index (χ3n) is 3.83. The van der Waals surface area contributed by atoms with Gasteiger partial charge in [0.2, 0.25) is 10.0 Å².